The van der Waals surface area contributed by atoms with Crippen molar-refractivity contribution in [1.29, 1.82) is 0 Å². The summed E-state index contributed by atoms with van der Waals surface area (Å²) >= 11 is 0. The van der Waals surface area contributed by atoms with Crippen molar-refractivity contribution in [2.75, 3.05) is 18.0 Å². The van der Waals surface area contributed by atoms with Crippen molar-refractivity contribution in [3.63, 3.8) is 0 Å². The average molecular weight is 231 g/mol. The molecule has 0 saturated heterocycles. The zero-order valence-electron chi connectivity index (χ0n) is 9.93. The first kappa shape index (κ1) is 11.7. The molecule has 17 heavy (non-hydrogen) atoms. The summed E-state index contributed by atoms with van der Waals surface area (Å²) in [6, 6.07) is 6.05. The van der Waals surface area contributed by atoms with Crippen LogP contribution >= 0.6 is 0 Å². The van der Waals surface area contributed by atoms with Crippen LogP contribution in [-0.4, -0.2) is 24.6 Å². The molecule has 0 radical (unpaired) electrons. The molecular weight excluding hydrogens is 214 g/mol. The van der Waals surface area contributed by atoms with E-state index in [4.69, 9.17) is 5.21 Å². The molecule has 0 aliphatic carbocycles. The Morgan fingerprint density at radius 3 is 2.94 bits per heavy atom. The van der Waals surface area contributed by atoms with Gasteiger partial charge in [0, 0.05) is 18.8 Å². The van der Waals surface area contributed by atoms with E-state index in [1.807, 2.05) is 17.6 Å². The number of hydrogen-bond donors (Lipinski definition) is 2. The summed E-state index contributed by atoms with van der Waals surface area (Å²) in [5.41, 5.74) is 5.19. The normalized spacial score (nSPS) is 15.5. The number of nitrogens with one attached hydrogen (secondary N) is 1. The van der Waals surface area contributed by atoms with Gasteiger partial charge < -0.3 is 4.90 Å². The Balaban J connectivity index is 2.19. The zero-order valence-corrected chi connectivity index (χ0v) is 9.93. The molecule has 0 bridgehead atoms. The van der Waals surface area contributed by atoms with Gasteiger partial charge in [-0.1, -0.05) is 12.2 Å². The van der Waals surface area contributed by atoms with Crippen molar-refractivity contribution >= 4 is 17.7 Å². The van der Waals surface area contributed by atoms with Gasteiger partial charge in [0.2, 0.25) is 0 Å². The summed E-state index contributed by atoms with van der Waals surface area (Å²) in [6.07, 6.45) is 6.79. The monoisotopic (exact) mass is 231 g/mol. The van der Waals surface area contributed by atoms with Gasteiger partial charge in [0.1, 0.15) is 6.34 Å². The zero-order chi connectivity index (χ0) is 12.1. The maximum Gasteiger partial charge on any atom is 0.113 e. The lowest BCUT2D eigenvalue weighted by Gasteiger charge is -2.27. The van der Waals surface area contributed by atoms with Crippen LogP contribution in [0.4, 0.5) is 11.4 Å². The lowest BCUT2D eigenvalue weighted by Crippen LogP contribution is -2.27. The molecule has 1 heterocycles. The van der Waals surface area contributed by atoms with Crippen LogP contribution in [-0.2, 0) is 0 Å². The maximum absolute atomic E-state index is 8.44. The molecule has 0 unspecified atom stereocenters. The van der Waals surface area contributed by atoms with Gasteiger partial charge in [0.05, 0.1) is 5.69 Å². The van der Waals surface area contributed by atoms with E-state index in [0.717, 1.165) is 25.2 Å². The van der Waals surface area contributed by atoms with Crippen molar-refractivity contribution in [3.05, 3.63) is 35.9 Å². The first-order chi connectivity index (χ1) is 8.31. The number of aryl methyl sites for hydroxylation is 1. The van der Waals surface area contributed by atoms with E-state index >= 15 is 0 Å². The molecule has 1 aromatic carbocycles. The summed E-state index contributed by atoms with van der Waals surface area (Å²) in [4.78, 5) is 6.41. The van der Waals surface area contributed by atoms with Crippen LogP contribution in [0.25, 0.3) is 0 Å². The summed E-state index contributed by atoms with van der Waals surface area (Å²) in [5, 5.41) is 8.44. The van der Waals surface area contributed by atoms with Crippen molar-refractivity contribution < 1.29 is 5.21 Å². The molecule has 0 spiro atoms. The fourth-order valence-electron chi connectivity index (χ4n) is 2.04. The number of nitrogens with zero attached hydrogens (tertiary/aromatic N) is 2. The largest absolute Gasteiger partial charge is 0.367 e. The van der Waals surface area contributed by atoms with Crippen LogP contribution in [0.2, 0.25) is 0 Å². The topological polar surface area (TPSA) is 47.9 Å². The minimum Gasteiger partial charge on any atom is -0.367 e. The highest BCUT2D eigenvalue weighted by molar-refractivity contribution is 5.64. The van der Waals surface area contributed by atoms with E-state index in [0.29, 0.717) is 0 Å². The van der Waals surface area contributed by atoms with Gasteiger partial charge in [0.25, 0.3) is 0 Å². The highest BCUT2D eigenvalue weighted by Crippen LogP contribution is 2.26. The predicted octanol–water partition coefficient (Wildman–Crippen LogP) is 2.40. The Bertz CT molecular complexity index is 440. The summed E-state index contributed by atoms with van der Waals surface area (Å²) in [7, 11) is 0. The van der Waals surface area contributed by atoms with E-state index in [1.165, 1.54) is 17.6 Å². The van der Waals surface area contributed by atoms with Crippen LogP contribution in [0.3, 0.4) is 0 Å². The van der Waals surface area contributed by atoms with E-state index in [2.05, 4.69) is 35.0 Å². The van der Waals surface area contributed by atoms with Crippen LogP contribution in [0, 0.1) is 6.92 Å². The van der Waals surface area contributed by atoms with Gasteiger partial charge in [-0.15, -0.1) is 0 Å². The molecule has 4 heteroatoms. The van der Waals surface area contributed by atoms with Crippen LogP contribution in [0.1, 0.15) is 12.0 Å². The van der Waals surface area contributed by atoms with Gasteiger partial charge in [-0.3, -0.25) is 10.7 Å². The smallest absolute Gasteiger partial charge is 0.113 e. The minimum absolute atomic E-state index is 0.834. The highest BCUT2D eigenvalue weighted by atomic mass is 16.5. The molecule has 4 nitrogen and oxygen atoms in total. The summed E-state index contributed by atoms with van der Waals surface area (Å²) < 4.78 is 0. The molecule has 1 aliphatic rings. The highest BCUT2D eigenvalue weighted by Gasteiger charge is 2.09. The van der Waals surface area contributed by atoms with Crippen molar-refractivity contribution in [2.24, 2.45) is 4.99 Å². The van der Waals surface area contributed by atoms with Crippen molar-refractivity contribution in [3.8, 4) is 0 Å². The molecule has 1 aliphatic heterocycles. The maximum atomic E-state index is 8.44. The quantitative estimate of drug-likeness (QED) is 0.363. The molecule has 0 amide bonds. The standard InChI is InChI=1S/C13H17N3O/c1-11-9-12(14-10-15-17)5-6-13(11)16-7-3-2-4-8-16/h2-3,5-6,9-10,17H,4,7-8H2,1H3,(H,14,15). The molecule has 0 fully saturated rings. The van der Waals surface area contributed by atoms with Gasteiger partial charge in [-0.2, -0.15) is 0 Å². The van der Waals surface area contributed by atoms with Crippen LogP contribution in [0.15, 0.2) is 35.3 Å². The molecule has 2 rings (SSSR count). The molecule has 90 valence electrons. The van der Waals surface area contributed by atoms with Gasteiger partial charge >= 0.3 is 0 Å². The number of anilines is 1. The Labute approximate surface area is 101 Å². The predicted molar refractivity (Wildman–Crippen MR) is 70.2 cm³/mol. The van der Waals surface area contributed by atoms with E-state index in [1.54, 1.807) is 0 Å². The Morgan fingerprint density at radius 2 is 2.29 bits per heavy atom. The van der Waals surface area contributed by atoms with E-state index in [9.17, 15) is 0 Å². The minimum atomic E-state index is 0.834. The SMILES string of the molecule is Cc1cc(N=CNO)ccc1N1CC=CCC1. The number of benzene rings is 1. The fourth-order valence-corrected chi connectivity index (χ4v) is 2.04. The third-order valence-corrected chi connectivity index (χ3v) is 2.85. The first-order valence-corrected chi connectivity index (χ1v) is 5.74. The fraction of sp³-hybridized carbons (Fsp3) is 0.308. The molecular formula is C13H17N3O. The third kappa shape index (κ3) is 2.85. The lowest BCUT2D eigenvalue weighted by atomic mass is 10.1. The number of aliphatic imine (C=N–C) groups is 1. The van der Waals surface area contributed by atoms with Crippen LogP contribution < -0.4 is 10.4 Å². The van der Waals surface area contributed by atoms with Gasteiger partial charge in [0.15, 0.2) is 0 Å². The molecule has 2 N–H and O–H groups in total. The average Bonchev–Trinajstić information content (AvgIpc) is 2.37. The second kappa shape index (κ2) is 5.50. The van der Waals surface area contributed by atoms with E-state index < -0.39 is 0 Å². The molecule has 0 aromatic heterocycles. The number of hydroxylamine groups is 1. The number of rotatable bonds is 3. The van der Waals surface area contributed by atoms with Crippen molar-refractivity contribution in [2.45, 2.75) is 13.3 Å². The first-order valence-electron chi connectivity index (χ1n) is 5.74. The third-order valence-electron chi connectivity index (χ3n) is 2.85. The summed E-state index contributed by atoms with van der Waals surface area (Å²) in [6.45, 7) is 4.12. The van der Waals surface area contributed by atoms with E-state index in [-0.39, 0.29) is 0 Å². The number of hydrogen-bond acceptors (Lipinski definition) is 3. The van der Waals surface area contributed by atoms with Crippen LogP contribution in [0.5, 0.6) is 0 Å². The Hall–Kier alpha value is -1.81. The lowest BCUT2D eigenvalue weighted by molar-refractivity contribution is 0.240. The van der Waals surface area contributed by atoms with Crippen molar-refractivity contribution in [1.82, 2.24) is 5.48 Å². The Kier molecular flexibility index (Phi) is 3.77. The summed E-state index contributed by atoms with van der Waals surface area (Å²) in [5.74, 6) is 0. The molecule has 1 aromatic rings. The van der Waals surface area contributed by atoms with Gasteiger partial charge in [-0.05, 0) is 37.1 Å². The second-order valence-electron chi connectivity index (χ2n) is 4.06. The van der Waals surface area contributed by atoms with Gasteiger partial charge in [-0.25, -0.2) is 4.99 Å². The molecule has 0 atom stereocenters. The Morgan fingerprint density at radius 1 is 1.41 bits per heavy atom. The second-order valence-corrected chi connectivity index (χ2v) is 4.06. The molecule has 0 saturated carbocycles.